The standard InChI is InChI=1S/C53H52FN11O13P2S/c1-32(2)48(66)62-52-61-47-43(50(68)63-52)59-40(29-73-53(34-14-10-7-11-15-34,35-16-20-37(71-4)21-17-35)36-18-22-38(72-5)23-19-36)64(47)25-27-75-80(81,74-26-24-55-3)76-28-39-41(54)44(78-79(69)70)51(77-39)65-31-58-42-45(56-30-57-46(42)65)60-49(67)33-12-8-6-9-13-33/h6-23,30-32,39,41,44,51H,24-29H2,1-2,4-5H3,(H3-,56,57,60,61,62,63,66,67,68,69,70)/p+1/t39-,41-,44-,51-,80?/m1/s1. The number of anilines is 2. The Morgan fingerprint density at radius 2 is 1.52 bits per heavy atom. The number of fused-ring (bicyclic) bond motifs is 2. The zero-order valence-corrected chi connectivity index (χ0v) is 46.4. The smallest absolute Gasteiger partial charge is 0.497 e. The summed E-state index contributed by atoms with van der Waals surface area (Å²) in [6.45, 7) is 4.95. The number of carbonyl (C=O) groups excluding carboxylic acids is 2. The molecule has 2 amide bonds. The van der Waals surface area contributed by atoms with Crippen molar-refractivity contribution in [2.24, 2.45) is 5.92 Å². The van der Waals surface area contributed by atoms with E-state index in [4.69, 9.17) is 60.4 Å². The molecule has 0 saturated carbocycles. The molecule has 4 N–H and O–H groups in total. The van der Waals surface area contributed by atoms with E-state index in [0.29, 0.717) is 28.2 Å². The van der Waals surface area contributed by atoms with Crippen molar-refractivity contribution < 1.29 is 60.5 Å². The predicted octanol–water partition coefficient (Wildman–Crippen LogP) is 7.80. The number of H-pyrrole nitrogens is 1. The topological polar surface area (TPSA) is 281 Å². The SMILES string of the molecule is [C-]#[N+]CCOP(=S)(OCCn1c(COC(c2ccccc2)(c2ccc(OC)cc2)c2ccc(OC)cc2)nc2c(=O)[nH]c(NC(=O)C(C)C)nc21)OC[C@H]1O[C@@H](n2cnc3c(NC(=O)c4ccccc4)ncnc32)[C@H](O[P+](=O)O)[C@@H]1F. The summed E-state index contributed by atoms with van der Waals surface area (Å²) in [4.78, 5) is 77.8. The lowest BCUT2D eigenvalue weighted by Crippen LogP contribution is -2.33. The fourth-order valence-electron chi connectivity index (χ4n) is 8.86. The molecule has 1 aliphatic rings. The second-order valence-corrected chi connectivity index (χ2v) is 21.9. The number of alkyl halides is 1. The van der Waals surface area contributed by atoms with Gasteiger partial charge in [-0.05, 0) is 64.9 Å². The second-order valence-electron chi connectivity index (χ2n) is 18.2. The number of aromatic nitrogens is 8. The molecule has 0 spiro atoms. The Bertz CT molecular complexity index is 3640. The fourth-order valence-corrected chi connectivity index (χ4v) is 11.1. The number of nitrogens with one attached hydrogen (secondary N) is 3. The van der Waals surface area contributed by atoms with Crippen LogP contribution in [-0.2, 0) is 67.5 Å². The van der Waals surface area contributed by atoms with Crippen LogP contribution in [0.15, 0.2) is 127 Å². The molecule has 24 nitrogen and oxygen atoms in total. The van der Waals surface area contributed by atoms with Crippen molar-refractivity contribution in [3.8, 4) is 11.5 Å². The molecule has 6 atom stereocenters. The van der Waals surface area contributed by atoms with Gasteiger partial charge >= 0.3 is 15.0 Å². The minimum absolute atomic E-state index is 0.0223. The summed E-state index contributed by atoms with van der Waals surface area (Å²) in [5.41, 5.74) is 0.545. The van der Waals surface area contributed by atoms with Crippen molar-refractivity contribution in [2.75, 3.05) is 51.2 Å². The van der Waals surface area contributed by atoms with Gasteiger partial charge in [-0.3, -0.25) is 29.3 Å². The Hall–Kier alpha value is -7.79. The van der Waals surface area contributed by atoms with Crippen LogP contribution in [0, 0.1) is 12.5 Å². The van der Waals surface area contributed by atoms with Gasteiger partial charge in [0, 0.05) is 22.6 Å². The highest BCUT2D eigenvalue weighted by atomic mass is 32.5. The van der Waals surface area contributed by atoms with E-state index in [9.17, 15) is 23.8 Å². The number of aromatic amines is 1. The third kappa shape index (κ3) is 12.9. The van der Waals surface area contributed by atoms with Crippen LogP contribution in [0.25, 0.3) is 27.2 Å². The Labute approximate surface area is 467 Å². The molecule has 1 aliphatic heterocycles. The van der Waals surface area contributed by atoms with Crippen LogP contribution in [0.1, 0.15) is 52.9 Å². The first kappa shape index (κ1) is 57.9. The summed E-state index contributed by atoms with van der Waals surface area (Å²) >= 11 is 5.87. The average Bonchev–Trinajstić information content (AvgIpc) is 4.26. The number of rotatable bonds is 25. The number of halogens is 1. The molecule has 4 aromatic carbocycles. The second kappa shape index (κ2) is 25.8. The lowest BCUT2D eigenvalue weighted by molar-refractivity contribution is -0.118. The third-order valence-corrected chi connectivity index (χ3v) is 15.7. The number of hydrogen-bond acceptors (Lipinski definition) is 18. The van der Waals surface area contributed by atoms with Gasteiger partial charge in [0.05, 0.1) is 33.8 Å². The molecule has 0 bridgehead atoms. The molecule has 420 valence electrons. The lowest BCUT2D eigenvalue weighted by atomic mass is 9.80. The lowest BCUT2D eigenvalue weighted by Gasteiger charge is -2.36. The van der Waals surface area contributed by atoms with Crippen molar-refractivity contribution in [3.05, 3.63) is 172 Å². The monoisotopic (exact) mass is 1160 g/mol. The van der Waals surface area contributed by atoms with Crippen LogP contribution in [-0.4, -0.2) is 115 Å². The van der Waals surface area contributed by atoms with Gasteiger partial charge in [-0.1, -0.05) is 86.6 Å². The number of nitrogens with zero attached hydrogens (tertiary/aromatic N) is 8. The Kier molecular flexibility index (Phi) is 18.4. The van der Waals surface area contributed by atoms with Crippen molar-refractivity contribution in [1.82, 2.24) is 39.0 Å². The normalized spacial score (nSPS) is 17.2. The molecular weight excluding hydrogens is 1110 g/mol. The Morgan fingerprint density at radius 3 is 2.15 bits per heavy atom. The van der Waals surface area contributed by atoms with Crippen molar-refractivity contribution in [1.29, 1.82) is 0 Å². The quantitative estimate of drug-likeness (QED) is 0.0184. The Morgan fingerprint density at radius 1 is 0.877 bits per heavy atom. The molecular formula is C53H53FN11O13P2S+. The van der Waals surface area contributed by atoms with Gasteiger partial charge < -0.3 is 47.2 Å². The number of carbonyl (C=O) groups is 2. The van der Waals surface area contributed by atoms with Crippen LogP contribution in [0.2, 0.25) is 0 Å². The predicted molar refractivity (Wildman–Crippen MR) is 296 cm³/mol. The maximum absolute atomic E-state index is 16.6. The third-order valence-electron chi connectivity index (χ3n) is 12.8. The molecule has 0 aliphatic carbocycles. The van der Waals surface area contributed by atoms with E-state index >= 15 is 4.39 Å². The van der Waals surface area contributed by atoms with Gasteiger partial charge in [-0.15, -0.1) is 9.42 Å². The highest BCUT2D eigenvalue weighted by molar-refractivity contribution is 8.07. The molecule has 0 radical (unpaired) electrons. The number of imidazole rings is 2. The minimum Gasteiger partial charge on any atom is -0.497 e. The van der Waals surface area contributed by atoms with Crippen molar-refractivity contribution in [3.63, 3.8) is 0 Å². The summed E-state index contributed by atoms with van der Waals surface area (Å²) in [6, 6.07) is 32.6. The molecule has 1 fully saturated rings. The van der Waals surface area contributed by atoms with Gasteiger partial charge in [0.1, 0.15) is 48.6 Å². The van der Waals surface area contributed by atoms with E-state index in [1.165, 1.54) is 10.9 Å². The molecule has 28 heteroatoms. The first-order chi connectivity index (χ1) is 39.1. The summed E-state index contributed by atoms with van der Waals surface area (Å²) in [7, 11) is -0.259. The first-order valence-corrected chi connectivity index (χ1v) is 28.7. The van der Waals surface area contributed by atoms with Crippen molar-refractivity contribution in [2.45, 2.75) is 57.2 Å². The first-order valence-electron chi connectivity index (χ1n) is 25.0. The van der Waals surface area contributed by atoms with E-state index in [2.05, 4.69) is 40.4 Å². The number of methoxy groups -OCH3 is 2. The molecule has 4 aromatic heterocycles. The van der Waals surface area contributed by atoms with Crippen LogP contribution in [0.3, 0.4) is 0 Å². The summed E-state index contributed by atoms with van der Waals surface area (Å²) in [5.74, 6) is -0.109. The van der Waals surface area contributed by atoms with Gasteiger partial charge in [0.2, 0.25) is 18.4 Å². The van der Waals surface area contributed by atoms with Crippen LogP contribution < -0.4 is 25.7 Å². The molecule has 2 unspecified atom stereocenters. The maximum atomic E-state index is 16.6. The average molecular weight is 1170 g/mol. The fraction of sp³-hybridized carbons (Fsp3) is 0.302. The van der Waals surface area contributed by atoms with Crippen LogP contribution in [0.4, 0.5) is 16.2 Å². The minimum atomic E-state index is -3.97. The zero-order valence-electron chi connectivity index (χ0n) is 43.8. The molecule has 8 aromatic rings. The molecule has 81 heavy (non-hydrogen) atoms. The number of amides is 2. The van der Waals surface area contributed by atoms with Crippen molar-refractivity contribution >= 4 is 72.7 Å². The highest BCUT2D eigenvalue weighted by Crippen LogP contribution is 2.51. The molecule has 1 saturated heterocycles. The summed E-state index contributed by atoms with van der Waals surface area (Å²) in [5, 5.41) is 5.33. The number of ether oxygens (including phenoxy) is 4. The van der Waals surface area contributed by atoms with E-state index in [0.717, 1.165) is 11.9 Å². The number of hydrogen-bond donors (Lipinski definition) is 4. The molecule has 5 heterocycles. The van der Waals surface area contributed by atoms with E-state index in [1.54, 1.807) is 63.0 Å². The number of benzene rings is 4. The highest BCUT2D eigenvalue weighted by Gasteiger charge is 2.52. The summed E-state index contributed by atoms with van der Waals surface area (Å²) in [6.07, 6.45) is -4.53. The Balaban J connectivity index is 1.01. The largest absolute Gasteiger partial charge is 0.695 e. The van der Waals surface area contributed by atoms with Crippen LogP contribution in [0.5, 0.6) is 11.5 Å². The van der Waals surface area contributed by atoms with E-state index in [1.807, 2.05) is 78.9 Å². The van der Waals surface area contributed by atoms with Gasteiger partial charge in [-0.2, -0.15) is 4.98 Å². The van der Waals surface area contributed by atoms with E-state index in [-0.39, 0.29) is 72.8 Å². The maximum Gasteiger partial charge on any atom is 0.695 e. The van der Waals surface area contributed by atoms with E-state index < -0.39 is 75.1 Å². The van der Waals surface area contributed by atoms with Gasteiger partial charge in [0.15, 0.2) is 46.6 Å². The molecule has 9 rings (SSSR count). The van der Waals surface area contributed by atoms with Crippen LogP contribution >= 0.6 is 15.0 Å². The van der Waals surface area contributed by atoms with Gasteiger partial charge in [-0.25, -0.2) is 30.9 Å². The van der Waals surface area contributed by atoms with Gasteiger partial charge in [0.25, 0.3) is 11.5 Å². The zero-order chi connectivity index (χ0) is 57.3. The summed E-state index contributed by atoms with van der Waals surface area (Å²) < 4.78 is 79.4.